The summed E-state index contributed by atoms with van der Waals surface area (Å²) in [7, 11) is 0. The maximum absolute atomic E-state index is 11.0. The number of carbonyl (C=O) groups excluding carboxylic acids is 1. The van der Waals surface area contributed by atoms with E-state index in [4.69, 9.17) is 0 Å². The van der Waals surface area contributed by atoms with Crippen LogP contribution in [-0.2, 0) is 11.3 Å². The number of nitrogens with zero attached hydrogens (tertiary/aromatic N) is 1. The van der Waals surface area contributed by atoms with Gasteiger partial charge in [-0.05, 0) is 11.6 Å². The fourth-order valence-corrected chi connectivity index (χ4v) is 2.23. The van der Waals surface area contributed by atoms with Gasteiger partial charge in [-0.25, -0.2) is 4.98 Å². The van der Waals surface area contributed by atoms with Gasteiger partial charge in [0.2, 0.25) is 5.91 Å². The van der Waals surface area contributed by atoms with E-state index in [1.54, 1.807) is 11.3 Å². The third-order valence-corrected chi connectivity index (χ3v) is 3.26. The summed E-state index contributed by atoms with van der Waals surface area (Å²) in [6.45, 7) is 3.84. The molecule has 0 aliphatic heterocycles. The molecule has 0 saturated heterocycles. The van der Waals surface area contributed by atoms with Gasteiger partial charge in [0.15, 0.2) is 0 Å². The van der Waals surface area contributed by atoms with Crippen molar-refractivity contribution < 1.29 is 4.79 Å². The molecule has 0 unspecified atom stereocenters. The number of rotatable bonds is 4. The lowest BCUT2D eigenvalue weighted by atomic mass is 10.2. The number of carbonyl (C=O) groups is 1. The quantitative estimate of drug-likeness (QED) is 0.840. The molecule has 2 aromatic rings. The molecule has 0 fully saturated rings. The average Bonchev–Trinajstić information content (AvgIpc) is 2.86. The first-order valence-electron chi connectivity index (χ1n) is 5.20. The zero-order chi connectivity index (χ0) is 12.1. The summed E-state index contributed by atoms with van der Waals surface area (Å²) in [5.41, 5.74) is 1.14. The third kappa shape index (κ3) is 3.01. The molecular formula is C13H12N2OS. The molecule has 4 heteroatoms. The molecule has 0 radical (unpaired) electrons. The van der Waals surface area contributed by atoms with Crippen molar-refractivity contribution in [1.82, 2.24) is 10.3 Å². The van der Waals surface area contributed by atoms with Gasteiger partial charge in [-0.2, -0.15) is 0 Å². The van der Waals surface area contributed by atoms with Crippen LogP contribution in [0.2, 0.25) is 0 Å². The second-order valence-corrected chi connectivity index (χ2v) is 4.52. The van der Waals surface area contributed by atoms with Crippen LogP contribution in [-0.4, -0.2) is 10.9 Å². The van der Waals surface area contributed by atoms with Gasteiger partial charge >= 0.3 is 0 Å². The van der Waals surface area contributed by atoms with Gasteiger partial charge in [0.05, 0.1) is 11.4 Å². The minimum absolute atomic E-state index is 0.179. The summed E-state index contributed by atoms with van der Waals surface area (Å²) < 4.78 is 0. The Kier molecular flexibility index (Phi) is 3.67. The molecular weight excluding hydrogens is 232 g/mol. The van der Waals surface area contributed by atoms with E-state index in [0.717, 1.165) is 15.4 Å². The lowest BCUT2D eigenvalue weighted by Gasteiger charge is -1.97. The predicted octanol–water partition coefficient (Wildman–Crippen LogP) is 2.61. The molecule has 0 atom stereocenters. The number of benzene rings is 1. The standard InChI is InChI=1S/C13H12N2OS/c1-2-12(16)14-9-13-15-8-11(17-13)10-6-4-3-5-7-10/h2-8H,1,9H2,(H,14,16). The van der Waals surface area contributed by atoms with Crippen LogP contribution in [0.4, 0.5) is 0 Å². The highest BCUT2D eigenvalue weighted by Crippen LogP contribution is 2.25. The molecule has 2 rings (SSSR count). The number of hydrogen-bond donors (Lipinski definition) is 1. The van der Waals surface area contributed by atoms with Crippen LogP contribution in [0.15, 0.2) is 49.2 Å². The summed E-state index contributed by atoms with van der Waals surface area (Å²) in [6, 6.07) is 10.1. The molecule has 1 aromatic carbocycles. The first kappa shape index (κ1) is 11.5. The molecule has 1 heterocycles. The monoisotopic (exact) mass is 244 g/mol. The molecule has 86 valence electrons. The summed E-state index contributed by atoms with van der Waals surface area (Å²) in [4.78, 5) is 16.4. The van der Waals surface area contributed by atoms with E-state index < -0.39 is 0 Å². The van der Waals surface area contributed by atoms with Gasteiger partial charge < -0.3 is 5.32 Å². The number of aromatic nitrogens is 1. The van der Waals surface area contributed by atoms with E-state index in [1.165, 1.54) is 6.08 Å². The predicted molar refractivity (Wildman–Crippen MR) is 69.6 cm³/mol. The number of amides is 1. The summed E-state index contributed by atoms with van der Waals surface area (Å²) in [6.07, 6.45) is 3.08. The first-order chi connectivity index (χ1) is 8.29. The molecule has 0 bridgehead atoms. The van der Waals surface area contributed by atoms with Crippen LogP contribution in [0.5, 0.6) is 0 Å². The highest BCUT2D eigenvalue weighted by Gasteiger charge is 2.04. The summed E-state index contributed by atoms with van der Waals surface area (Å²) in [5.74, 6) is -0.179. The Morgan fingerprint density at radius 1 is 1.41 bits per heavy atom. The Labute approximate surface area is 104 Å². The highest BCUT2D eigenvalue weighted by atomic mass is 32.1. The van der Waals surface area contributed by atoms with Crippen molar-refractivity contribution in [2.45, 2.75) is 6.54 Å². The Hall–Kier alpha value is -1.94. The third-order valence-electron chi connectivity index (χ3n) is 2.21. The van der Waals surface area contributed by atoms with E-state index in [-0.39, 0.29) is 5.91 Å². The first-order valence-corrected chi connectivity index (χ1v) is 6.01. The normalized spacial score (nSPS) is 9.88. The van der Waals surface area contributed by atoms with Gasteiger partial charge in [0.1, 0.15) is 5.01 Å². The van der Waals surface area contributed by atoms with Crippen LogP contribution in [0, 0.1) is 0 Å². The smallest absolute Gasteiger partial charge is 0.243 e. The van der Waals surface area contributed by atoms with Crippen LogP contribution in [0.3, 0.4) is 0 Å². The minimum Gasteiger partial charge on any atom is -0.346 e. The maximum Gasteiger partial charge on any atom is 0.243 e. The molecule has 1 aromatic heterocycles. The van der Waals surface area contributed by atoms with Crippen LogP contribution < -0.4 is 5.32 Å². The van der Waals surface area contributed by atoms with Crippen molar-refractivity contribution in [3.05, 3.63) is 54.2 Å². The molecule has 0 saturated carbocycles. The van der Waals surface area contributed by atoms with Gasteiger partial charge in [0.25, 0.3) is 0 Å². The Balaban J connectivity index is 2.06. The second-order valence-electron chi connectivity index (χ2n) is 3.41. The van der Waals surface area contributed by atoms with Crippen molar-refractivity contribution in [2.24, 2.45) is 0 Å². The van der Waals surface area contributed by atoms with Crippen LogP contribution in [0.1, 0.15) is 5.01 Å². The Morgan fingerprint density at radius 2 is 2.18 bits per heavy atom. The fraction of sp³-hybridized carbons (Fsp3) is 0.0769. The van der Waals surface area contributed by atoms with Crippen LogP contribution >= 0.6 is 11.3 Å². The van der Waals surface area contributed by atoms with Gasteiger partial charge in [-0.1, -0.05) is 36.9 Å². The van der Waals surface area contributed by atoms with E-state index in [9.17, 15) is 4.79 Å². The van der Waals surface area contributed by atoms with E-state index >= 15 is 0 Å². The molecule has 17 heavy (non-hydrogen) atoms. The Bertz CT molecular complexity index is 519. The number of thiazole rings is 1. The van der Waals surface area contributed by atoms with Crippen molar-refractivity contribution in [2.75, 3.05) is 0 Å². The molecule has 0 aliphatic rings. The molecule has 0 spiro atoms. The zero-order valence-corrected chi connectivity index (χ0v) is 10.0. The lowest BCUT2D eigenvalue weighted by Crippen LogP contribution is -2.19. The molecule has 1 amide bonds. The molecule has 3 nitrogen and oxygen atoms in total. The lowest BCUT2D eigenvalue weighted by molar-refractivity contribution is -0.116. The van der Waals surface area contributed by atoms with Crippen molar-refractivity contribution >= 4 is 17.2 Å². The number of nitrogens with one attached hydrogen (secondary N) is 1. The fourth-order valence-electron chi connectivity index (χ4n) is 1.36. The SMILES string of the molecule is C=CC(=O)NCc1ncc(-c2ccccc2)s1. The van der Waals surface area contributed by atoms with Gasteiger partial charge in [0, 0.05) is 6.20 Å². The van der Waals surface area contributed by atoms with Crippen molar-refractivity contribution in [3.8, 4) is 10.4 Å². The molecule has 0 aliphatic carbocycles. The van der Waals surface area contributed by atoms with Gasteiger partial charge in [-0.3, -0.25) is 4.79 Å². The van der Waals surface area contributed by atoms with Gasteiger partial charge in [-0.15, -0.1) is 11.3 Å². The molecule has 1 N–H and O–H groups in total. The summed E-state index contributed by atoms with van der Waals surface area (Å²) in [5, 5.41) is 3.59. The topological polar surface area (TPSA) is 42.0 Å². The average molecular weight is 244 g/mol. The zero-order valence-electron chi connectivity index (χ0n) is 9.22. The maximum atomic E-state index is 11.0. The van der Waals surface area contributed by atoms with Crippen LogP contribution in [0.25, 0.3) is 10.4 Å². The Morgan fingerprint density at radius 3 is 2.88 bits per heavy atom. The second kappa shape index (κ2) is 5.41. The largest absolute Gasteiger partial charge is 0.346 e. The van der Waals surface area contributed by atoms with Crippen molar-refractivity contribution in [3.63, 3.8) is 0 Å². The summed E-state index contributed by atoms with van der Waals surface area (Å²) >= 11 is 1.58. The minimum atomic E-state index is -0.179. The van der Waals surface area contributed by atoms with E-state index in [2.05, 4.69) is 16.9 Å². The van der Waals surface area contributed by atoms with E-state index in [0.29, 0.717) is 6.54 Å². The highest BCUT2D eigenvalue weighted by molar-refractivity contribution is 7.15. The van der Waals surface area contributed by atoms with Crippen molar-refractivity contribution in [1.29, 1.82) is 0 Å². The van der Waals surface area contributed by atoms with E-state index in [1.807, 2.05) is 36.5 Å². The number of hydrogen-bond acceptors (Lipinski definition) is 3.